The van der Waals surface area contributed by atoms with E-state index >= 15 is 0 Å². The Hall–Kier alpha value is -1.47. The van der Waals surface area contributed by atoms with Crippen LogP contribution in [0.4, 0.5) is 13.2 Å². The Morgan fingerprint density at radius 1 is 1.39 bits per heavy atom. The molecular formula is C14H16F3N. The normalized spacial score (nSPS) is 13.4. The van der Waals surface area contributed by atoms with E-state index in [9.17, 15) is 13.2 Å². The van der Waals surface area contributed by atoms with Crippen molar-refractivity contribution in [1.82, 2.24) is 4.90 Å². The van der Waals surface area contributed by atoms with Gasteiger partial charge in [0.2, 0.25) is 0 Å². The summed E-state index contributed by atoms with van der Waals surface area (Å²) in [4.78, 5) is 1.93. The van der Waals surface area contributed by atoms with Crippen molar-refractivity contribution in [3.8, 4) is 12.3 Å². The molecule has 0 amide bonds. The molecule has 0 N–H and O–H groups in total. The van der Waals surface area contributed by atoms with Gasteiger partial charge in [0, 0.05) is 6.04 Å². The second kappa shape index (κ2) is 5.92. The quantitative estimate of drug-likeness (QED) is 0.747. The molecule has 1 aromatic rings. The van der Waals surface area contributed by atoms with Gasteiger partial charge in [-0.2, -0.15) is 13.2 Å². The van der Waals surface area contributed by atoms with Crippen molar-refractivity contribution in [2.24, 2.45) is 0 Å². The predicted octanol–water partition coefficient (Wildman–Crippen LogP) is 3.20. The van der Waals surface area contributed by atoms with Gasteiger partial charge in [-0.1, -0.05) is 24.1 Å². The molecule has 1 atom stereocenters. The molecule has 0 aliphatic carbocycles. The molecule has 0 unspecified atom stereocenters. The average Bonchev–Trinajstić information content (AvgIpc) is 2.28. The molecule has 0 saturated heterocycles. The number of likely N-dealkylation sites (N-methyl/N-ethyl adjacent to an activating group) is 1. The summed E-state index contributed by atoms with van der Waals surface area (Å²) in [6, 6.07) is 5.52. The van der Waals surface area contributed by atoms with E-state index in [2.05, 4.69) is 5.92 Å². The van der Waals surface area contributed by atoms with Gasteiger partial charge in [0.25, 0.3) is 0 Å². The Morgan fingerprint density at radius 3 is 2.61 bits per heavy atom. The number of benzene rings is 1. The number of hydrogen-bond acceptors (Lipinski definition) is 1. The average molecular weight is 255 g/mol. The molecule has 98 valence electrons. The fourth-order valence-electron chi connectivity index (χ4n) is 1.67. The first-order chi connectivity index (χ1) is 8.34. The van der Waals surface area contributed by atoms with Gasteiger partial charge >= 0.3 is 6.18 Å². The van der Waals surface area contributed by atoms with Crippen LogP contribution in [0.2, 0.25) is 0 Å². The highest BCUT2D eigenvalue weighted by Gasteiger charge is 2.30. The summed E-state index contributed by atoms with van der Waals surface area (Å²) >= 11 is 0. The molecule has 0 aliphatic rings. The highest BCUT2D eigenvalue weighted by molar-refractivity contribution is 5.26. The zero-order chi connectivity index (χ0) is 13.8. The molecule has 1 nitrogen and oxygen atoms in total. The van der Waals surface area contributed by atoms with Crippen LogP contribution in [0, 0.1) is 12.3 Å². The highest BCUT2D eigenvalue weighted by Crippen LogP contribution is 2.29. The summed E-state index contributed by atoms with van der Waals surface area (Å²) in [5.41, 5.74) is 0.0630. The number of halogens is 3. The second-order valence-corrected chi connectivity index (χ2v) is 4.37. The van der Waals surface area contributed by atoms with Crippen molar-refractivity contribution in [3.05, 3.63) is 35.4 Å². The van der Waals surface area contributed by atoms with Crippen LogP contribution in [-0.2, 0) is 12.6 Å². The molecule has 0 heterocycles. The first kappa shape index (κ1) is 14.6. The lowest BCUT2D eigenvalue weighted by Crippen LogP contribution is -2.31. The van der Waals surface area contributed by atoms with Crippen molar-refractivity contribution in [2.75, 3.05) is 13.6 Å². The van der Waals surface area contributed by atoms with Crippen LogP contribution < -0.4 is 0 Å². The molecule has 0 spiro atoms. The van der Waals surface area contributed by atoms with E-state index in [1.807, 2.05) is 18.9 Å². The lowest BCUT2D eigenvalue weighted by molar-refractivity contribution is -0.137. The summed E-state index contributed by atoms with van der Waals surface area (Å²) in [5, 5.41) is 0. The van der Waals surface area contributed by atoms with Crippen molar-refractivity contribution in [3.63, 3.8) is 0 Å². The number of rotatable bonds is 4. The SMILES string of the molecule is C#CCN(C)[C@H](C)Cc1cccc(C(F)(F)F)c1. The Kier molecular flexibility index (Phi) is 4.80. The third-order valence-corrected chi connectivity index (χ3v) is 2.88. The molecule has 0 fully saturated rings. The van der Waals surface area contributed by atoms with E-state index in [1.165, 1.54) is 12.1 Å². The third-order valence-electron chi connectivity index (χ3n) is 2.88. The maximum Gasteiger partial charge on any atom is 0.416 e. The summed E-state index contributed by atoms with van der Waals surface area (Å²) in [5.74, 6) is 2.52. The molecule has 0 aromatic heterocycles. The van der Waals surface area contributed by atoms with Crippen molar-refractivity contribution < 1.29 is 13.2 Å². The number of hydrogen-bond donors (Lipinski definition) is 0. The first-order valence-electron chi connectivity index (χ1n) is 5.64. The molecule has 0 radical (unpaired) electrons. The van der Waals surface area contributed by atoms with Gasteiger partial charge in [-0.25, -0.2) is 0 Å². The van der Waals surface area contributed by atoms with E-state index in [0.717, 1.165) is 6.07 Å². The topological polar surface area (TPSA) is 3.24 Å². The Morgan fingerprint density at radius 2 is 2.06 bits per heavy atom. The van der Waals surface area contributed by atoms with E-state index in [1.54, 1.807) is 6.07 Å². The monoisotopic (exact) mass is 255 g/mol. The Labute approximate surface area is 106 Å². The Balaban J connectivity index is 2.77. The van der Waals surface area contributed by atoms with Gasteiger partial charge in [0.05, 0.1) is 12.1 Å². The van der Waals surface area contributed by atoms with E-state index in [-0.39, 0.29) is 6.04 Å². The minimum absolute atomic E-state index is 0.101. The fourth-order valence-corrected chi connectivity index (χ4v) is 1.67. The number of nitrogens with zero attached hydrogens (tertiary/aromatic N) is 1. The summed E-state index contributed by atoms with van der Waals surface area (Å²) in [6.45, 7) is 2.43. The van der Waals surface area contributed by atoms with Crippen LogP contribution >= 0.6 is 0 Å². The van der Waals surface area contributed by atoms with Gasteiger partial charge < -0.3 is 0 Å². The summed E-state index contributed by atoms with van der Waals surface area (Å²) < 4.78 is 37.6. The van der Waals surface area contributed by atoms with Crippen LogP contribution in [-0.4, -0.2) is 24.5 Å². The van der Waals surface area contributed by atoms with Crippen LogP contribution in [0.3, 0.4) is 0 Å². The fraction of sp³-hybridized carbons (Fsp3) is 0.429. The highest BCUT2D eigenvalue weighted by atomic mass is 19.4. The molecule has 0 aliphatic heterocycles. The van der Waals surface area contributed by atoms with E-state index in [0.29, 0.717) is 18.5 Å². The van der Waals surface area contributed by atoms with Crippen LogP contribution in [0.5, 0.6) is 0 Å². The van der Waals surface area contributed by atoms with Crippen molar-refractivity contribution in [1.29, 1.82) is 0 Å². The molecule has 0 saturated carbocycles. The molecule has 1 rings (SSSR count). The maximum atomic E-state index is 12.5. The minimum atomic E-state index is -4.29. The largest absolute Gasteiger partial charge is 0.416 e. The van der Waals surface area contributed by atoms with Gasteiger partial charge in [-0.05, 0) is 32.0 Å². The maximum absolute atomic E-state index is 12.5. The smallest absolute Gasteiger partial charge is 0.292 e. The number of alkyl halides is 3. The van der Waals surface area contributed by atoms with Crippen molar-refractivity contribution >= 4 is 0 Å². The summed E-state index contributed by atoms with van der Waals surface area (Å²) in [7, 11) is 1.86. The molecule has 0 bridgehead atoms. The van der Waals surface area contributed by atoms with Gasteiger partial charge in [-0.15, -0.1) is 6.42 Å². The second-order valence-electron chi connectivity index (χ2n) is 4.37. The summed E-state index contributed by atoms with van der Waals surface area (Å²) in [6.07, 6.45) is 1.46. The standard InChI is InChI=1S/C14H16F3N/c1-4-8-18(3)11(2)9-12-6-5-7-13(10-12)14(15,16)17/h1,5-7,10-11H,8-9H2,2-3H3/t11-/m1/s1. The predicted molar refractivity (Wildman–Crippen MR) is 66.1 cm³/mol. The first-order valence-corrected chi connectivity index (χ1v) is 5.64. The van der Waals surface area contributed by atoms with Crippen LogP contribution in [0.25, 0.3) is 0 Å². The Bertz CT molecular complexity index is 431. The molecule has 18 heavy (non-hydrogen) atoms. The molecule has 1 aromatic carbocycles. The van der Waals surface area contributed by atoms with Crippen LogP contribution in [0.15, 0.2) is 24.3 Å². The lowest BCUT2D eigenvalue weighted by Gasteiger charge is -2.22. The minimum Gasteiger partial charge on any atom is -0.292 e. The number of terminal acetylenes is 1. The van der Waals surface area contributed by atoms with Crippen LogP contribution in [0.1, 0.15) is 18.1 Å². The van der Waals surface area contributed by atoms with Crippen molar-refractivity contribution in [2.45, 2.75) is 25.6 Å². The van der Waals surface area contributed by atoms with E-state index < -0.39 is 11.7 Å². The van der Waals surface area contributed by atoms with Gasteiger partial charge in [0.15, 0.2) is 0 Å². The van der Waals surface area contributed by atoms with E-state index in [4.69, 9.17) is 6.42 Å². The van der Waals surface area contributed by atoms with Gasteiger partial charge in [0.1, 0.15) is 0 Å². The molecule has 4 heteroatoms. The zero-order valence-electron chi connectivity index (χ0n) is 10.5. The molecular weight excluding hydrogens is 239 g/mol. The lowest BCUT2D eigenvalue weighted by atomic mass is 10.0. The third kappa shape index (κ3) is 4.08. The van der Waals surface area contributed by atoms with Gasteiger partial charge in [-0.3, -0.25) is 4.90 Å². The zero-order valence-corrected chi connectivity index (χ0v) is 10.5.